The summed E-state index contributed by atoms with van der Waals surface area (Å²) in [5, 5.41) is 0. The van der Waals surface area contributed by atoms with Gasteiger partial charge >= 0.3 is 0 Å². The maximum absolute atomic E-state index is 6.16. The molecule has 0 unspecified atom stereocenters. The van der Waals surface area contributed by atoms with Crippen LogP contribution in [0.5, 0.6) is 0 Å². The van der Waals surface area contributed by atoms with Crippen molar-refractivity contribution in [1.29, 1.82) is 0 Å². The summed E-state index contributed by atoms with van der Waals surface area (Å²) >= 11 is 3.45. The maximum Gasteiger partial charge on any atom is 0.0552 e. The van der Waals surface area contributed by atoms with Crippen LogP contribution in [-0.2, 0) is 0 Å². The Morgan fingerprint density at radius 3 is 2.20 bits per heavy atom. The van der Waals surface area contributed by atoms with Crippen molar-refractivity contribution in [3.63, 3.8) is 0 Å². The molecule has 2 aromatic rings. The topological polar surface area (TPSA) is 26.0 Å². The number of hydrogen-bond acceptors (Lipinski definition) is 1. The van der Waals surface area contributed by atoms with E-state index >= 15 is 0 Å². The van der Waals surface area contributed by atoms with Gasteiger partial charge < -0.3 is 5.73 Å². The minimum Gasteiger partial charge on any atom is -0.320 e. The number of hydrogen-bond donors (Lipinski definition) is 1. The van der Waals surface area contributed by atoms with Gasteiger partial charge in [-0.3, -0.25) is 0 Å². The molecule has 2 N–H and O–H groups in total. The summed E-state index contributed by atoms with van der Waals surface area (Å²) < 4.78 is 1.06. The lowest BCUT2D eigenvalue weighted by molar-refractivity contribution is 0.870. The number of benzene rings is 2. The van der Waals surface area contributed by atoms with Crippen molar-refractivity contribution in [2.45, 2.75) is 6.04 Å². The Balaban J connectivity index is 2.32. The molecule has 0 saturated heterocycles. The van der Waals surface area contributed by atoms with E-state index in [2.05, 4.69) is 22.0 Å². The summed E-state index contributed by atoms with van der Waals surface area (Å²) in [6, 6.07) is 18.2. The van der Waals surface area contributed by atoms with E-state index in [-0.39, 0.29) is 6.04 Å². The summed E-state index contributed by atoms with van der Waals surface area (Å²) in [5.74, 6) is 0. The molecule has 0 fully saturated rings. The van der Waals surface area contributed by atoms with Crippen molar-refractivity contribution < 1.29 is 0 Å². The van der Waals surface area contributed by atoms with Gasteiger partial charge in [0.15, 0.2) is 0 Å². The summed E-state index contributed by atoms with van der Waals surface area (Å²) in [4.78, 5) is 0. The summed E-state index contributed by atoms with van der Waals surface area (Å²) in [7, 11) is 0. The van der Waals surface area contributed by atoms with Gasteiger partial charge in [-0.2, -0.15) is 0 Å². The molecule has 15 heavy (non-hydrogen) atoms. The minimum absolute atomic E-state index is 0.0521. The van der Waals surface area contributed by atoms with E-state index in [0.717, 1.165) is 15.6 Å². The Morgan fingerprint density at radius 1 is 0.867 bits per heavy atom. The first-order chi connectivity index (χ1) is 7.27. The third-order valence-electron chi connectivity index (χ3n) is 2.37. The lowest BCUT2D eigenvalue weighted by atomic mass is 10.00. The number of rotatable bonds is 2. The second-order valence-electron chi connectivity index (χ2n) is 3.44. The van der Waals surface area contributed by atoms with Gasteiger partial charge in [0.1, 0.15) is 0 Å². The zero-order chi connectivity index (χ0) is 10.7. The fourth-order valence-corrected chi connectivity index (χ4v) is 1.97. The van der Waals surface area contributed by atoms with Crippen LogP contribution in [0.1, 0.15) is 17.2 Å². The highest BCUT2D eigenvalue weighted by molar-refractivity contribution is 9.10. The zero-order valence-corrected chi connectivity index (χ0v) is 9.81. The first-order valence-electron chi connectivity index (χ1n) is 4.83. The van der Waals surface area contributed by atoms with Crippen LogP contribution in [0, 0.1) is 0 Å². The molecule has 0 bridgehead atoms. The van der Waals surface area contributed by atoms with Crippen LogP contribution in [0.15, 0.2) is 59.1 Å². The Morgan fingerprint density at radius 2 is 1.53 bits per heavy atom. The molecule has 1 nitrogen and oxygen atoms in total. The van der Waals surface area contributed by atoms with Crippen LogP contribution in [0.25, 0.3) is 0 Å². The quantitative estimate of drug-likeness (QED) is 0.880. The Kier molecular flexibility index (Phi) is 3.19. The highest BCUT2D eigenvalue weighted by Gasteiger charge is 2.07. The van der Waals surface area contributed by atoms with Crippen LogP contribution in [0.2, 0.25) is 0 Å². The zero-order valence-electron chi connectivity index (χ0n) is 8.23. The van der Waals surface area contributed by atoms with Crippen molar-refractivity contribution in [2.24, 2.45) is 5.73 Å². The molecular weight excluding hydrogens is 250 g/mol. The molecule has 0 spiro atoms. The van der Waals surface area contributed by atoms with Gasteiger partial charge in [-0.05, 0) is 23.3 Å². The fourth-order valence-electron chi connectivity index (χ4n) is 1.55. The monoisotopic (exact) mass is 261 g/mol. The average Bonchev–Trinajstić information content (AvgIpc) is 2.29. The Bertz CT molecular complexity index is 439. The van der Waals surface area contributed by atoms with Crippen LogP contribution in [-0.4, -0.2) is 0 Å². The molecule has 0 amide bonds. The average molecular weight is 262 g/mol. The largest absolute Gasteiger partial charge is 0.320 e. The first-order valence-corrected chi connectivity index (χ1v) is 5.62. The SMILES string of the molecule is N[C@@H](c1ccccc1)c1cccc(Br)c1. The molecule has 0 aromatic heterocycles. The summed E-state index contributed by atoms with van der Waals surface area (Å²) in [6.07, 6.45) is 0. The first kappa shape index (κ1) is 10.4. The van der Waals surface area contributed by atoms with Crippen LogP contribution >= 0.6 is 15.9 Å². The second kappa shape index (κ2) is 4.60. The molecule has 0 radical (unpaired) electrons. The molecule has 1 atom stereocenters. The van der Waals surface area contributed by atoms with E-state index in [0.29, 0.717) is 0 Å². The lowest BCUT2D eigenvalue weighted by Gasteiger charge is -2.12. The van der Waals surface area contributed by atoms with Gasteiger partial charge in [-0.25, -0.2) is 0 Å². The molecule has 2 heteroatoms. The molecule has 0 aliphatic heterocycles. The predicted octanol–water partition coefficient (Wildman–Crippen LogP) is 3.50. The molecule has 2 rings (SSSR count). The van der Waals surface area contributed by atoms with Gasteiger partial charge in [-0.1, -0.05) is 58.4 Å². The Labute approximate surface area is 98.1 Å². The maximum atomic E-state index is 6.16. The van der Waals surface area contributed by atoms with Crippen molar-refractivity contribution in [1.82, 2.24) is 0 Å². The highest BCUT2D eigenvalue weighted by atomic mass is 79.9. The lowest BCUT2D eigenvalue weighted by Crippen LogP contribution is -2.11. The van der Waals surface area contributed by atoms with Crippen LogP contribution in [0.4, 0.5) is 0 Å². The van der Waals surface area contributed by atoms with E-state index in [4.69, 9.17) is 5.73 Å². The molecular formula is C13H12BrN. The van der Waals surface area contributed by atoms with E-state index in [1.807, 2.05) is 48.5 Å². The molecule has 0 heterocycles. The van der Waals surface area contributed by atoms with Gasteiger partial charge in [0.2, 0.25) is 0 Å². The third kappa shape index (κ3) is 2.46. The van der Waals surface area contributed by atoms with Crippen molar-refractivity contribution in [3.05, 3.63) is 70.2 Å². The summed E-state index contributed by atoms with van der Waals surface area (Å²) in [5.41, 5.74) is 8.42. The number of halogens is 1. The van der Waals surface area contributed by atoms with Gasteiger partial charge in [0, 0.05) is 4.47 Å². The summed E-state index contributed by atoms with van der Waals surface area (Å²) in [6.45, 7) is 0. The van der Waals surface area contributed by atoms with E-state index < -0.39 is 0 Å². The minimum atomic E-state index is -0.0521. The predicted molar refractivity (Wildman–Crippen MR) is 66.6 cm³/mol. The van der Waals surface area contributed by atoms with E-state index in [1.165, 1.54) is 0 Å². The van der Waals surface area contributed by atoms with Gasteiger partial charge in [-0.15, -0.1) is 0 Å². The fraction of sp³-hybridized carbons (Fsp3) is 0.0769. The molecule has 0 aliphatic carbocycles. The third-order valence-corrected chi connectivity index (χ3v) is 2.86. The van der Waals surface area contributed by atoms with E-state index in [1.54, 1.807) is 0 Å². The smallest absolute Gasteiger partial charge is 0.0552 e. The van der Waals surface area contributed by atoms with Crippen LogP contribution in [0.3, 0.4) is 0 Å². The Hall–Kier alpha value is -1.12. The van der Waals surface area contributed by atoms with Crippen molar-refractivity contribution in [2.75, 3.05) is 0 Å². The van der Waals surface area contributed by atoms with Crippen LogP contribution < -0.4 is 5.73 Å². The molecule has 0 saturated carbocycles. The molecule has 76 valence electrons. The van der Waals surface area contributed by atoms with Crippen molar-refractivity contribution in [3.8, 4) is 0 Å². The van der Waals surface area contributed by atoms with Gasteiger partial charge in [0.25, 0.3) is 0 Å². The second-order valence-corrected chi connectivity index (χ2v) is 4.36. The highest BCUT2D eigenvalue weighted by Crippen LogP contribution is 2.21. The molecule has 0 aliphatic rings. The molecule has 2 aromatic carbocycles. The van der Waals surface area contributed by atoms with Gasteiger partial charge in [0.05, 0.1) is 6.04 Å². The normalized spacial score (nSPS) is 12.4. The van der Waals surface area contributed by atoms with E-state index in [9.17, 15) is 0 Å². The standard InChI is InChI=1S/C13H12BrN/c14-12-8-4-7-11(9-12)13(15)10-5-2-1-3-6-10/h1-9,13H,15H2/t13-/m0/s1. The number of nitrogens with two attached hydrogens (primary N) is 1. The van der Waals surface area contributed by atoms with Crippen molar-refractivity contribution >= 4 is 15.9 Å².